The van der Waals surface area contributed by atoms with Crippen LogP contribution in [0.25, 0.3) is 0 Å². The molecule has 3 heteroatoms. The van der Waals surface area contributed by atoms with Gasteiger partial charge < -0.3 is 4.74 Å². The molecule has 0 N–H and O–H groups in total. The van der Waals surface area contributed by atoms with Gasteiger partial charge in [0, 0.05) is 10.4 Å². The van der Waals surface area contributed by atoms with E-state index in [1.54, 1.807) is 0 Å². The molecule has 1 saturated carbocycles. The normalized spacial score (nSPS) is 26.6. The SMILES string of the molecule is CCCC1CCC(CBr)(OCc2cccc(Cl)c2)CC1. The summed E-state index contributed by atoms with van der Waals surface area (Å²) in [5, 5.41) is 1.71. The van der Waals surface area contributed by atoms with Gasteiger partial charge >= 0.3 is 0 Å². The number of ether oxygens (including phenoxy) is 1. The summed E-state index contributed by atoms with van der Waals surface area (Å²) in [7, 11) is 0. The van der Waals surface area contributed by atoms with E-state index in [1.165, 1.54) is 38.5 Å². The van der Waals surface area contributed by atoms with E-state index >= 15 is 0 Å². The van der Waals surface area contributed by atoms with Crippen LogP contribution in [0.15, 0.2) is 24.3 Å². The Morgan fingerprint density at radius 1 is 1.35 bits per heavy atom. The fourth-order valence-corrected chi connectivity index (χ4v) is 4.02. The van der Waals surface area contributed by atoms with Gasteiger partial charge in [-0.15, -0.1) is 0 Å². The van der Waals surface area contributed by atoms with Crippen LogP contribution in [0.3, 0.4) is 0 Å². The Labute approximate surface area is 136 Å². The van der Waals surface area contributed by atoms with E-state index in [0.29, 0.717) is 6.61 Å². The number of benzene rings is 1. The highest BCUT2D eigenvalue weighted by Gasteiger charge is 2.35. The molecular weight excluding hydrogens is 336 g/mol. The summed E-state index contributed by atoms with van der Waals surface area (Å²) in [5.74, 6) is 0.905. The minimum atomic E-state index is 0.0204. The summed E-state index contributed by atoms with van der Waals surface area (Å²) >= 11 is 9.69. The summed E-state index contributed by atoms with van der Waals surface area (Å²) in [6.45, 7) is 2.94. The van der Waals surface area contributed by atoms with Crippen molar-refractivity contribution in [1.82, 2.24) is 0 Å². The largest absolute Gasteiger partial charge is 0.369 e. The van der Waals surface area contributed by atoms with Crippen molar-refractivity contribution in [2.45, 2.75) is 57.7 Å². The Bertz CT molecular complexity index is 413. The lowest BCUT2D eigenvalue weighted by atomic mass is 9.78. The molecule has 1 aromatic rings. The number of rotatable bonds is 6. The Kier molecular flexibility index (Phi) is 6.38. The summed E-state index contributed by atoms with van der Waals surface area (Å²) in [6, 6.07) is 7.96. The number of hydrogen-bond acceptors (Lipinski definition) is 1. The zero-order valence-corrected chi connectivity index (χ0v) is 14.5. The van der Waals surface area contributed by atoms with Crippen LogP contribution in [0.5, 0.6) is 0 Å². The molecule has 0 spiro atoms. The third-order valence-electron chi connectivity index (χ3n) is 4.39. The standard InChI is InChI=1S/C17H24BrClO/c1-2-4-14-7-9-17(13-18,10-8-14)20-12-15-5-3-6-16(19)11-15/h3,5-6,11,14H,2,4,7-10,12-13H2,1H3. The second-order valence-electron chi connectivity index (χ2n) is 5.97. The van der Waals surface area contributed by atoms with Crippen molar-refractivity contribution < 1.29 is 4.74 Å². The summed E-state index contributed by atoms with van der Waals surface area (Å²) in [5.41, 5.74) is 1.18. The minimum Gasteiger partial charge on any atom is -0.369 e. The Hall–Kier alpha value is -0.0500. The summed E-state index contributed by atoms with van der Waals surface area (Å²) < 4.78 is 6.28. The van der Waals surface area contributed by atoms with Gasteiger partial charge in [0.2, 0.25) is 0 Å². The molecule has 2 rings (SSSR count). The predicted octanol–water partition coefficient (Wildman–Crippen LogP) is 5.98. The maximum absolute atomic E-state index is 6.28. The molecule has 112 valence electrons. The molecule has 1 aromatic carbocycles. The van der Waals surface area contributed by atoms with Gasteiger partial charge in [-0.25, -0.2) is 0 Å². The van der Waals surface area contributed by atoms with E-state index in [1.807, 2.05) is 18.2 Å². The first-order valence-electron chi connectivity index (χ1n) is 7.62. The van der Waals surface area contributed by atoms with Crippen LogP contribution in [0, 0.1) is 5.92 Å². The van der Waals surface area contributed by atoms with E-state index in [0.717, 1.165) is 21.8 Å². The van der Waals surface area contributed by atoms with Crippen LogP contribution in [-0.4, -0.2) is 10.9 Å². The molecule has 1 nitrogen and oxygen atoms in total. The summed E-state index contributed by atoms with van der Waals surface area (Å²) in [4.78, 5) is 0. The Balaban J connectivity index is 1.89. The van der Waals surface area contributed by atoms with Crippen molar-refractivity contribution in [3.63, 3.8) is 0 Å². The van der Waals surface area contributed by atoms with Gasteiger partial charge in [0.05, 0.1) is 12.2 Å². The molecule has 20 heavy (non-hydrogen) atoms. The lowest BCUT2D eigenvalue weighted by Crippen LogP contribution is -2.38. The molecular formula is C17H24BrClO. The highest BCUT2D eigenvalue weighted by molar-refractivity contribution is 9.09. The van der Waals surface area contributed by atoms with Crippen LogP contribution >= 0.6 is 27.5 Å². The quantitative estimate of drug-likeness (QED) is 0.568. The smallest absolute Gasteiger partial charge is 0.0783 e. The first-order chi connectivity index (χ1) is 9.67. The fraction of sp³-hybridized carbons (Fsp3) is 0.647. The third-order valence-corrected chi connectivity index (χ3v) is 5.65. The number of alkyl halides is 1. The van der Waals surface area contributed by atoms with Gasteiger partial charge in [-0.3, -0.25) is 0 Å². The third kappa shape index (κ3) is 4.47. The first kappa shape index (κ1) is 16.3. The van der Waals surface area contributed by atoms with E-state index in [-0.39, 0.29) is 5.60 Å². The Morgan fingerprint density at radius 3 is 2.70 bits per heavy atom. The van der Waals surface area contributed by atoms with Crippen LogP contribution in [0.2, 0.25) is 5.02 Å². The topological polar surface area (TPSA) is 9.23 Å². The number of halogens is 2. The van der Waals surface area contributed by atoms with Gasteiger partial charge in [-0.05, 0) is 49.3 Å². The molecule has 0 saturated heterocycles. The lowest BCUT2D eigenvalue weighted by molar-refractivity contribution is -0.0705. The van der Waals surface area contributed by atoms with Gasteiger partial charge in [0.1, 0.15) is 0 Å². The van der Waals surface area contributed by atoms with E-state index in [4.69, 9.17) is 16.3 Å². The van der Waals surface area contributed by atoms with Crippen LogP contribution < -0.4 is 0 Å². The van der Waals surface area contributed by atoms with Crippen molar-refractivity contribution in [1.29, 1.82) is 0 Å². The van der Waals surface area contributed by atoms with Gasteiger partial charge in [-0.1, -0.05) is 59.4 Å². The van der Waals surface area contributed by atoms with Gasteiger partial charge in [0.25, 0.3) is 0 Å². The highest BCUT2D eigenvalue weighted by atomic mass is 79.9. The molecule has 1 fully saturated rings. The maximum Gasteiger partial charge on any atom is 0.0783 e. The Morgan fingerprint density at radius 2 is 2.10 bits per heavy atom. The van der Waals surface area contributed by atoms with E-state index in [2.05, 4.69) is 28.9 Å². The molecule has 1 aliphatic carbocycles. The van der Waals surface area contributed by atoms with Crippen molar-refractivity contribution in [3.8, 4) is 0 Å². The molecule has 1 aliphatic rings. The molecule has 0 aromatic heterocycles. The zero-order valence-electron chi connectivity index (χ0n) is 12.2. The van der Waals surface area contributed by atoms with Crippen LogP contribution in [0.4, 0.5) is 0 Å². The molecule has 0 bridgehead atoms. The molecule has 0 heterocycles. The second kappa shape index (κ2) is 7.82. The van der Waals surface area contributed by atoms with Crippen LogP contribution in [0.1, 0.15) is 51.0 Å². The molecule has 0 atom stereocenters. The van der Waals surface area contributed by atoms with E-state index in [9.17, 15) is 0 Å². The monoisotopic (exact) mass is 358 g/mol. The average Bonchev–Trinajstić information content (AvgIpc) is 2.47. The van der Waals surface area contributed by atoms with Crippen molar-refractivity contribution in [3.05, 3.63) is 34.9 Å². The van der Waals surface area contributed by atoms with Crippen molar-refractivity contribution >= 4 is 27.5 Å². The van der Waals surface area contributed by atoms with Gasteiger partial charge in [-0.2, -0.15) is 0 Å². The fourth-order valence-electron chi connectivity index (χ4n) is 3.08. The maximum atomic E-state index is 6.28. The highest BCUT2D eigenvalue weighted by Crippen LogP contribution is 2.38. The molecule has 0 amide bonds. The van der Waals surface area contributed by atoms with Crippen molar-refractivity contribution in [2.75, 3.05) is 5.33 Å². The predicted molar refractivity (Wildman–Crippen MR) is 89.6 cm³/mol. The summed E-state index contributed by atoms with van der Waals surface area (Å²) in [6.07, 6.45) is 7.61. The zero-order chi connectivity index (χ0) is 14.4. The molecule has 0 unspecified atom stereocenters. The van der Waals surface area contributed by atoms with Gasteiger partial charge in [0.15, 0.2) is 0 Å². The van der Waals surface area contributed by atoms with E-state index < -0.39 is 0 Å². The second-order valence-corrected chi connectivity index (χ2v) is 6.96. The van der Waals surface area contributed by atoms with Crippen molar-refractivity contribution in [2.24, 2.45) is 5.92 Å². The minimum absolute atomic E-state index is 0.0204. The number of hydrogen-bond donors (Lipinski definition) is 0. The van der Waals surface area contributed by atoms with Crippen LogP contribution in [-0.2, 0) is 11.3 Å². The average molecular weight is 360 g/mol. The lowest BCUT2D eigenvalue weighted by Gasteiger charge is -2.39. The molecule has 0 radical (unpaired) electrons. The molecule has 0 aliphatic heterocycles. The first-order valence-corrected chi connectivity index (χ1v) is 9.12.